The van der Waals surface area contributed by atoms with Crippen molar-refractivity contribution in [3.63, 3.8) is 0 Å². The molecule has 5 nitrogen and oxygen atoms in total. The first-order chi connectivity index (χ1) is 11.6. The molecular formula is C18H19N3O2S. The molecule has 0 saturated carbocycles. The maximum Gasteiger partial charge on any atom is 0.236 e. The Kier molecular flexibility index (Phi) is 4.85. The number of aromatic nitrogens is 2. The quantitative estimate of drug-likeness (QED) is 0.707. The molecule has 0 saturated heterocycles. The zero-order valence-electron chi connectivity index (χ0n) is 13.9. The molecule has 0 aliphatic rings. The van der Waals surface area contributed by atoms with Crippen LogP contribution in [0.15, 0.2) is 39.9 Å². The summed E-state index contributed by atoms with van der Waals surface area (Å²) in [5.74, 6) is 1.26. The average Bonchev–Trinajstić information content (AvgIpc) is 2.97. The van der Waals surface area contributed by atoms with Crippen LogP contribution in [-0.4, -0.2) is 21.8 Å². The minimum atomic E-state index is -0.123. The number of benzene rings is 1. The molecule has 3 rings (SSSR count). The first kappa shape index (κ1) is 16.5. The van der Waals surface area contributed by atoms with Crippen molar-refractivity contribution >= 4 is 34.4 Å². The van der Waals surface area contributed by atoms with Gasteiger partial charge in [-0.1, -0.05) is 42.0 Å². The summed E-state index contributed by atoms with van der Waals surface area (Å²) in [6.45, 7) is 5.93. The highest BCUT2D eigenvalue weighted by Gasteiger charge is 2.11. The zero-order chi connectivity index (χ0) is 17.1. The smallest absolute Gasteiger partial charge is 0.236 e. The van der Waals surface area contributed by atoms with Crippen LogP contribution in [0.2, 0.25) is 0 Å². The van der Waals surface area contributed by atoms with E-state index in [1.807, 2.05) is 6.07 Å². The van der Waals surface area contributed by atoms with Crippen LogP contribution in [0.3, 0.4) is 0 Å². The Morgan fingerprint density at radius 3 is 2.83 bits per heavy atom. The number of hydrogen-bond donors (Lipinski definition) is 1. The lowest BCUT2D eigenvalue weighted by Gasteiger charge is -2.10. The van der Waals surface area contributed by atoms with Gasteiger partial charge in [0, 0.05) is 11.5 Å². The molecule has 3 aromatic rings. The maximum absolute atomic E-state index is 12.1. The van der Waals surface area contributed by atoms with Crippen LogP contribution in [0.1, 0.15) is 23.8 Å². The van der Waals surface area contributed by atoms with Crippen LogP contribution in [0, 0.1) is 13.8 Å². The Labute approximate surface area is 144 Å². The predicted octanol–water partition coefficient (Wildman–Crippen LogP) is 4.13. The Balaban J connectivity index is 1.76. The third-order valence-corrected chi connectivity index (χ3v) is 4.74. The van der Waals surface area contributed by atoms with Crippen LogP contribution < -0.4 is 5.32 Å². The lowest BCUT2D eigenvalue weighted by molar-refractivity contribution is -0.113. The largest absolute Gasteiger partial charge is 0.360 e. The summed E-state index contributed by atoms with van der Waals surface area (Å²) in [4.78, 5) is 16.9. The van der Waals surface area contributed by atoms with Crippen molar-refractivity contribution in [2.45, 2.75) is 32.2 Å². The zero-order valence-corrected chi connectivity index (χ0v) is 14.7. The van der Waals surface area contributed by atoms with Crippen LogP contribution in [0.5, 0.6) is 0 Å². The number of nitrogens with one attached hydrogen (secondary N) is 1. The van der Waals surface area contributed by atoms with Crippen LogP contribution in [-0.2, 0) is 11.2 Å². The summed E-state index contributed by atoms with van der Waals surface area (Å²) < 4.78 is 4.94. The molecule has 0 bridgehead atoms. The van der Waals surface area contributed by atoms with Gasteiger partial charge in [0.2, 0.25) is 5.91 Å². The number of carbonyl (C=O) groups excluding carboxylic acids is 1. The number of aryl methyl sites for hydroxylation is 3. The van der Waals surface area contributed by atoms with Gasteiger partial charge in [0.25, 0.3) is 0 Å². The highest BCUT2D eigenvalue weighted by Crippen LogP contribution is 2.27. The third kappa shape index (κ3) is 3.59. The summed E-state index contributed by atoms with van der Waals surface area (Å²) in [5, 5.41) is 8.54. The van der Waals surface area contributed by atoms with E-state index >= 15 is 0 Å². The molecule has 1 N–H and O–H groups in total. The maximum atomic E-state index is 12.1. The summed E-state index contributed by atoms with van der Waals surface area (Å²) in [6, 6.07) is 10.0. The van der Waals surface area contributed by atoms with Gasteiger partial charge in [0.05, 0.1) is 11.3 Å². The van der Waals surface area contributed by atoms with E-state index < -0.39 is 0 Å². The number of anilines is 1. The molecule has 0 fully saturated rings. The second-order valence-corrected chi connectivity index (χ2v) is 6.58. The van der Waals surface area contributed by atoms with Crippen molar-refractivity contribution in [3.8, 4) is 0 Å². The number of rotatable bonds is 5. The van der Waals surface area contributed by atoms with E-state index in [1.54, 1.807) is 13.0 Å². The molecule has 0 aliphatic heterocycles. The summed E-state index contributed by atoms with van der Waals surface area (Å²) in [7, 11) is 0. The second kappa shape index (κ2) is 7.05. The van der Waals surface area contributed by atoms with Crippen LogP contribution in [0.25, 0.3) is 10.9 Å². The van der Waals surface area contributed by atoms with Gasteiger partial charge in [0.15, 0.2) is 5.82 Å². The van der Waals surface area contributed by atoms with E-state index in [4.69, 9.17) is 9.51 Å². The Hall–Kier alpha value is -2.34. The summed E-state index contributed by atoms with van der Waals surface area (Å²) in [6.07, 6.45) is 0.878. The molecule has 0 atom stereocenters. The van der Waals surface area contributed by atoms with E-state index in [2.05, 4.69) is 42.5 Å². The topological polar surface area (TPSA) is 68.0 Å². The monoisotopic (exact) mass is 341 g/mol. The summed E-state index contributed by atoms with van der Waals surface area (Å²) >= 11 is 1.45. The lowest BCUT2D eigenvalue weighted by atomic mass is 10.1. The molecule has 1 aromatic carbocycles. The van der Waals surface area contributed by atoms with Gasteiger partial charge >= 0.3 is 0 Å². The summed E-state index contributed by atoms with van der Waals surface area (Å²) in [5.41, 5.74) is 3.28. The van der Waals surface area contributed by atoms with Gasteiger partial charge < -0.3 is 9.84 Å². The van der Waals surface area contributed by atoms with Gasteiger partial charge in [-0.3, -0.25) is 4.79 Å². The fourth-order valence-corrected chi connectivity index (χ4v) is 3.37. The molecule has 1 amide bonds. The van der Waals surface area contributed by atoms with Gasteiger partial charge in [0.1, 0.15) is 10.8 Å². The number of pyridine rings is 1. The van der Waals surface area contributed by atoms with Gasteiger partial charge in [-0.15, -0.1) is 0 Å². The van der Waals surface area contributed by atoms with Gasteiger partial charge in [-0.25, -0.2) is 4.98 Å². The van der Waals surface area contributed by atoms with Crippen LogP contribution >= 0.6 is 11.8 Å². The fourth-order valence-electron chi connectivity index (χ4n) is 2.49. The number of nitrogens with zero attached hydrogens (tertiary/aromatic N) is 2. The number of amides is 1. The Morgan fingerprint density at radius 1 is 1.29 bits per heavy atom. The highest BCUT2D eigenvalue weighted by molar-refractivity contribution is 8.00. The van der Waals surface area contributed by atoms with E-state index in [9.17, 15) is 4.79 Å². The number of hydrogen-bond acceptors (Lipinski definition) is 5. The normalized spacial score (nSPS) is 11.0. The first-order valence-corrected chi connectivity index (χ1v) is 8.80. The SMILES string of the molecule is CCc1cc2cccc(C)c2nc1SCC(=O)Nc1cc(C)on1. The van der Waals surface area contributed by atoms with Crippen molar-refractivity contribution in [1.82, 2.24) is 10.1 Å². The second-order valence-electron chi connectivity index (χ2n) is 5.61. The Morgan fingerprint density at radius 2 is 2.12 bits per heavy atom. The molecule has 124 valence electrons. The molecule has 0 unspecified atom stereocenters. The lowest BCUT2D eigenvalue weighted by Crippen LogP contribution is -2.14. The fraction of sp³-hybridized carbons (Fsp3) is 0.278. The minimum absolute atomic E-state index is 0.123. The van der Waals surface area contributed by atoms with Gasteiger partial charge in [-0.2, -0.15) is 0 Å². The molecule has 0 aliphatic carbocycles. The number of carbonyl (C=O) groups is 1. The molecule has 24 heavy (non-hydrogen) atoms. The van der Waals surface area contributed by atoms with Crippen molar-refractivity contribution in [3.05, 3.63) is 47.2 Å². The molecule has 0 spiro atoms. The minimum Gasteiger partial charge on any atom is -0.360 e. The predicted molar refractivity (Wildman–Crippen MR) is 96.5 cm³/mol. The molecule has 2 aromatic heterocycles. The van der Waals surface area contributed by atoms with E-state index in [0.717, 1.165) is 33.5 Å². The molecule has 2 heterocycles. The van der Waals surface area contributed by atoms with Gasteiger partial charge in [-0.05, 0) is 37.5 Å². The first-order valence-electron chi connectivity index (χ1n) is 7.82. The highest BCUT2D eigenvalue weighted by atomic mass is 32.2. The Bertz CT molecular complexity index is 889. The van der Waals surface area contributed by atoms with E-state index in [-0.39, 0.29) is 11.7 Å². The molecular weight excluding hydrogens is 322 g/mol. The van der Waals surface area contributed by atoms with Crippen molar-refractivity contribution in [1.29, 1.82) is 0 Å². The van der Waals surface area contributed by atoms with Crippen molar-refractivity contribution < 1.29 is 9.32 Å². The molecule has 0 radical (unpaired) electrons. The molecule has 6 heteroatoms. The standard InChI is InChI=1S/C18H19N3O2S/c1-4-13-9-14-7-5-6-11(2)17(14)20-18(13)24-10-16(22)19-15-8-12(3)23-21-15/h5-9H,4,10H2,1-3H3,(H,19,21,22). The number of para-hydroxylation sites is 1. The third-order valence-electron chi connectivity index (χ3n) is 3.70. The van der Waals surface area contributed by atoms with Crippen molar-refractivity contribution in [2.75, 3.05) is 11.1 Å². The van der Waals surface area contributed by atoms with E-state index in [1.165, 1.54) is 11.8 Å². The van der Waals surface area contributed by atoms with Crippen molar-refractivity contribution in [2.24, 2.45) is 0 Å². The van der Waals surface area contributed by atoms with E-state index in [0.29, 0.717) is 11.6 Å². The van der Waals surface area contributed by atoms with Crippen LogP contribution in [0.4, 0.5) is 5.82 Å². The average molecular weight is 341 g/mol. The number of thioether (sulfide) groups is 1. The number of fused-ring (bicyclic) bond motifs is 1.